The molecule has 0 bridgehead atoms. The molecule has 6 nitrogen and oxygen atoms in total. The van der Waals surface area contributed by atoms with Crippen LogP contribution in [-0.4, -0.2) is 51.1 Å². The number of likely N-dealkylation sites (tertiary alicyclic amines) is 1. The molecule has 2 aliphatic heterocycles. The van der Waals surface area contributed by atoms with E-state index in [0.717, 1.165) is 36.5 Å². The molecule has 1 fully saturated rings. The smallest absolute Gasteiger partial charge is 0.203 e. The fourth-order valence-corrected chi connectivity index (χ4v) is 4.02. The third-order valence-corrected chi connectivity index (χ3v) is 5.46. The first-order valence-electron chi connectivity index (χ1n) is 9.45. The molecule has 28 heavy (non-hydrogen) atoms. The molecule has 2 heterocycles. The molecule has 0 aromatic heterocycles. The van der Waals surface area contributed by atoms with Crippen molar-refractivity contribution in [2.45, 2.75) is 19.6 Å². The van der Waals surface area contributed by atoms with Crippen LogP contribution in [0.25, 0.3) is 0 Å². The van der Waals surface area contributed by atoms with Gasteiger partial charge in [0.2, 0.25) is 5.75 Å². The lowest BCUT2D eigenvalue weighted by Gasteiger charge is -2.19. The SMILES string of the molecule is COc1cc(CN2C[C@H]3ON=C(c4ccc(C)cc4)[C@@H]3C2)cc(OC)c1OC. The van der Waals surface area contributed by atoms with E-state index in [1.807, 2.05) is 12.1 Å². The summed E-state index contributed by atoms with van der Waals surface area (Å²) in [7, 11) is 4.89. The molecule has 0 unspecified atom stereocenters. The molecule has 148 valence electrons. The standard InChI is InChI=1S/C22H26N2O4/c1-14-5-7-16(8-6-14)21-17-12-24(13-20(17)28-23-21)11-15-9-18(25-2)22(27-4)19(10-15)26-3/h5-10,17,20H,11-13H2,1-4H3/t17-,20-/m1/s1. The summed E-state index contributed by atoms with van der Waals surface area (Å²) in [5.74, 6) is 2.26. The summed E-state index contributed by atoms with van der Waals surface area (Å²) in [5, 5.41) is 4.37. The average molecular weight is 382 g/mol. The Morgan fingerprint density at radius 2 is 1.68 bits per heavy atom. The zero-order valence-electron chi connectivity index (χ0n) is 16.8. The maximum Gasteiger partial charge on any atom is 0.203 e. The lowest BCUT2D eigenvalue weighted by molar-refractivity contribution is 0.0745. The lowest BCUT2D eigenvalue weighted by Crippen LogP contribution is -2.23. The van der Waals surface area contributed by atoms with E-state index in [1.54, 1.807) is 21.3 Å². The van der Waals surface area contributed by atoms with Gasteiger partial charge in [-0.25, -0.2) is 0 Å². The van der Waals surface area contributed by atoms with Crippen LogP contribution in [0.15, 0.2) is 41.6 Å². The number of ether oxygens (including phenoxy) is 3. The first-order valence-corrected chi connectivity index (χ1v) is 9.45. The summed E-state index contributed by atoms with van der Waals surface area (Å²) in [6, 6.07) is 12.5. The van der Waals surface area contributed by atoms with Crippen LogP contribution < -0.4 is 14.2 Å². The average Bonchev–Trinajstić information content (AvgIpc) is 3.28. The van der Waals surface area contributed by atoms with Gasteiger partial charge in [0, 0.05) is 19.6 Å². The summed E-state index contributed by atoms with van der Waals surface area (Å²) < 4.78 is 16.4. The molecule has 0 saturated carbocycles. The summed E-state index contributed by atoms with van der Waals surface area (Å²) in [4.78, 5) is 8.13. The fraction of sp³-hybridized carbons (Fsp3) is 0.409. The van der Waals surface area contributed by atoms with Crippen molar-refractivity contribution in [1.82, 2.24) is 4.90 Å². The van der Waals surface area contributed by atoms with Crippen LogP contribution in [0, 0.1) is 12.8 Å². The Balaban J connectivity index is 1.50. The number of hydrogen-bond donors (Lipinski definition) is 0. The maximum absolute atomic E-state index is 5.75. The minimum atomic E-state index is 0.110. The molecule has 0 spiro atoms. The van der Waals surface area contributed by atoms with Crippen LogP contribution in [0.5, 0.6) is 17.2 Å². The van der Waals surface area contributed by atoms with Crippen molar-refractivity contribution in [1.29, 1.82) is 0 Å². The normalized spacial score (nSPS) is 21.1. The highest BCUT2D eigenvalue weighted by molar-refractivity contribution is 6.03. The summed E-state index contributed by atoms with van der Waals surface area (Å²) in [6.07, 6.45) is 0.110. The minimum Gasteiger partial charge on any atom is -0.493 e. The Hall–Kier alpha value is -2.73. The van der Waals surface area contributed by atoms with Crippen LogP contribution in [0.4, 0.5) is 0 Å². The molecule has 1 saturated heterocycles. The number of fused-ring (bicyclic) bond motifs is 1. The first kappa shape index (κ1) is 18.6. The second-order valence-electron chi connectivity index (χ2n) is 7.32. The highest BCUT2D eigenvalue weighted by Crippen LogP contribution is 2.39. The van der Waals surface area contributed by atoms with Crippen molar-refractivity contribution in [2.24, 2.45) is 11.1 Å². The van der Waals surface area contributed by atoms with Crippen molar-refractivity contribution < 1.29 is 19.0 Å². The molecule has 0 amide bonds. The van der Waals surface area contributed by atoms with Gasteiger partial charge in [0.25, 0.3) is 0 Å². The van der Waals surface area contributed by atoms with Gasteiger partial charge in [-0.05, 0) is 30.2 Å². The summed E-state index contributed by atoms with van der Waals surface area (Å²) in [6.45, 7) is 4.64. The second-order valence-corrected chi connectivity index (χ2v) is 7.32. The molecule has 2 aromatic rings. The van der Waals surface area contributed by atoms with Gasteiger partial charge in [0.15, 0.2) is 11.5 Å². The van der Waals surface area contributed by atoms with Crippen LogP contribution in [0.3, 0.4) is 0 Å². The molecular formula is C22H26N2O4. The first-order chi connectivity index (χ1) is 13.6. The van der Waals surface area contributed by atoms with Crippen LogP contribution >= 0.6 is 0 Å². The quantitative estimate of drug-likeness (QED) is 0.768. The largest absolute Gasteiger partial charge is 0.493 e. The Bertz CT molecular complexity index is 854. The topological polar surface area (TPSA) is 52.5 Å². The number of oxime groups is 1. The molecule has 2 aliphatic rings. The highest BCUT2D eigenvalue weighted by Gasteiger charge is 2.42. The third kappa shape index (κ3) is 3.40. The van der Waals surface area contributed by atoms with Gasteiger partial charge in [0.05, 0.1) is 33.0 Å². The molecule has 0 N–H and O–H groups in total. The third-order valence-electron chi connectivity index (χ3n) is 5.46. The highest BCUT2D eigenvalue weighted by atomic mass is 16.6. The Morgan fingerprint density at radius 3 is 2.29 bits per heavy atom. The van der Waals surface area contributed by atoms with Gasteiger partial charge in [-0.2, -0.15) is 0 Å². The Morgan fingerprint density at radius 1 is 1.00 bits per heavy atom. The van der Waals surface area contributed by atoms with Crippen molar-refractivity contribution >= 4 is 5.71 Å². The van der Waals surface area contributed by atoms with E-state index < -0.39 is 0 Å². The Labute approximate surface area is 165 Å². The fourth-order valence-electron chi connectivity index (χ4n) is 4.02. The predicted octanol–water partition coefficient (Wildman–Crippen LogP) is 3.26. The Kier molecular flexibility index (Phi) is 5.13. The van der Waals surface area contributed by atoms with Crippen molar-refractivity contribution in [3.05, 3.63) is 53.1 Å². The molecule has 0 aliphatic carbocycles. The molecule has 4 rings (SSSR count). The number of nitrogens with zero attached hydrogens (tertiary/aromatic N) is 2. The van der Waals surface area contributed by atoms with E-state index in [1.165, 1.54) is 5.56 Å². The van der Waals surface area contributed by atoms with Gasteiger partial charge in [0.1, 0.15) is 6.10 Å². The second kappa shape index (κ2) is 7.72. The molecule has 6 heteroatoms. The van der Waals surface area contributed by atoms with E-state index >= 15 is 0 Å². The number of rotatable bonds is 6. The molecule has 0 radical (unpaired) electrons. The van der Waals surface area contributed by atoms with Gasteiger partial charge in [-0.3, -0.25) is 4.90 Å². The molecule has 2 atom stereocenters. The van der Waals surface area contributed by atoms with E-state index in [9.17, 15) is 0 Å². The van der Waals surface area contributed by atoms with Gasteiger partial charge < -0.3 is 19.0 Å². The van der Waals surface area contributed by atoms with Crippen LogP contribution in [-0.2, 0) is 11.4 Å². The van der Waals surface area contributed by atoms with Crippen molar-refractivity contribution in [2.75, 3.05) is 34.4 Å². The molecule has 2 aromatic carbocycles. The summed E-state index contributed by atoms with van der Waals surface area (Å²) in [5.41, 5.74) is 4.56. The monoisotopic (exact) mass is 382 g/mol. The van der Waals surface area contributed by atoms with Crippen molar-refractivity contribution in [3.8, 4) is 17.2 Å². The molecular weight excluding hydrogens is 356 g/mol. The van der Waals surface area contributed by atoms with E-state index in [4.69, 9.17) is 19.0 Å². The van der Waals surface area contributed by atoms with Crippen molar-refractivity contribution in [3.63, 3.8) is 0 Å². The number of aryl methyl sites for hydroxylation is 1. The van der Waals surface area contributed by atoms with E-state index in [-0.39, 0.29) is 6.10 Å². The van der Waals surface area contributed by atoms with Gasteiger partial charge in [-0.15, -0.1) is 0 Å². The minimum absolute atomic E-state index is 0.110. The van der Waals surface area contributed by atoms with Crippen LogP contribution in [0.1, 0.15) is 16.7 Å². The lowest BCUT2D eigenvalue weighted by atomic mass is 9.94. The number of hydrogen-bond acceptors (Lipinski definition) is 6. The number of methoxy groups -OCH3 is 3. The van der Waals surface area contributed by atoms with Crippen LogP contribution in [0.2, 0.25) is 0 Å². The van der Waals surface area contributed by atoms with Gasteiger partial charge >= 0.3 is 0 Å². The zero-order valence-corrected chi connectivity index (χ0v) is 16.8. The predicted molar refractivity (Wildman–Crippen MR) is 107 cm³/mol. The number of benzene rings is 2. The van der Waals surface area contributed by atoms with E-state index in [2.05, 4.69) is 41.2 Å². The van der Waals surface area contributed by atoms with Gasteiger partial charge in [-0.1, -0.05) is 35.0 Å². The van der Waals surface area contributed by atoms with E-state index in [0.29, 0.717) is 23.2 Å². The summed E-state index contributed by atoms with van der Waals surface area (Å²) >= 11 is 0. The maximum atomic E-state index is 5.75. The zero-order chi connectivity index (χ0) is 19.7.